The zero-order valence-corrected chi connectivity index (χ0v) is 84.6. The number of terminal acetylenes is 5. The molecule has 5 aliphatic heterocycles. The molecule has 0 spiro atoms. The first kappa shape index (κ1) is 103. The average Bonchev–Trinajstić information content (AvgIpc) is 1.60. The summed E-state index contributed by atoms with van der Waals surface area (Å²) in [5.74, 6) is 17.7. The molecule has 37 heteroatoms. The highest BCUT2D eigenvalue weighted by Crippen LogP contribution is 2.39. The largest absolute Gasteiger partial charge is 0.492 e. The van der Waals surface area contributed by atoms with Gasteiger partial charge in [-0.2, -0.15) is 30.8 Å². The number of fused-ring (bicyclic) bond motifs is 5. The van der Waals surface area contributed by atoms with Crippen LogP contribution in [-0.2, 0) is 36.8 Å². The van der Waals surface area contributed by atoms with Gasteiger partial charge in [0.05, 0.1) is 133 Å². The van der Waals surface area contributed by atoms with Gasteiger partial charge in [-0.3, -0.25) is 24.0 Å². The van der Waals surface area contributed by atoms with E-state index in [1.807, 2.05) is 184 Å². The monoisotopic (exact) mass is 2000 g/mol. The SMILES string of the molecule is C#CC(=O)N1CCN(c2ccc(-c3cc(OCC)cn4ncc(C#N)c34)cn2)CC1.C#CC(=O)N1CCN(c2ccc(-c3cc(OCC)cn4ncc(C)c34)cn2)CC1.C#CC(=O)N1CCN(c2ccc(-c3cc(OCC)cn4ncc(CC)c34)cn2)CC1.C#CC(=O)N1CCN(c2ccc(-c3cc(OCC)cn4ncc(CC)c34)cn2)CC1.C#CC(=O)N1CCN(c2ccc(-c3cc(OCC)cn4ncc(Cl)c34)cn2)CC1. The Hall–Kier alpha value is -17.9. The fraction of sp³-hybridized carbons (Fsp3) is 0.315. The van der Waals surface area contributed by atoms with Crippen LogP contribution in [0.15, 0.2) is 184 Å². The molecule has 0 aliphatic carbocycles. The van der Waals surface area contributed by atoms with Crippen molar-refractivity contribution in [2.45, 2.75) is 68.2 Å². The molecule has 0 bridgehead atoms. The number of hydrogen-bond donors (Lipinski definition) is 0. The molecule has 754 valence electrons. The maximum Gasteiger partial charge on any atom is 0.298 e. The first-order chi connectivity index (χ1) is 72.1. The van der Waals surface area contributed by atoms with Gasteiger partial charge in [0.15, 0.2) is 0 Å². The van der Waals surface area contributed by atoms with Crippen LogP contribution in [-0.4, -0.2) is 291 Å². The number of aryl methyl sites for hydroxylation is 3. The summed E-state index contributed by atoms with van der Waals surface area (Å²) in [7, 11) is 0. The first-order valence-electron chi connectivity index (χ1n) is 49.2. The van der Waals surface area contributed by atoms with Crippen LogP contribution < -0.4 is 48.2 Å². The van der Waals surface area contributed by atoms with Crippen molar-refractivity contribution in [3.05, 3.63) is 211 Å². The van der Waals surface area contributed by atoms with Crippen molar-refractivity contribution >= 4 is 97.8 Å². The lowest BCUT2D eigenvalue weighted by molar-refractivity contribution is -0.126. The molecule has 15 aromatic heterocycles. The fourth-order valence-corrected chi connectivity index (χ4v) is 18.7. The van der Waals surface area contributed by atoms with Gasteiger partial charge in [-0.05, 0) is 192 Å². The van der Waals surface area contributed by atoms with E-state index in [-0.39, 0.29) is 29.5 Å². The Morgan fingerprint density at radius 3 is 0.784 bits per heavy atom. The quantitative estimate of drug-likeness (QED) is 0.0569. The van der Waals surface area contributed by atoms with Crippen molar-refractivity contribution in [3.8, 4) is 152 Å². The summed E-state index contributed by atoms with van der Waals surface area (Å²) in [6.07, 6.45) is 55.3. The van der Waals surface area contributed by atoms with E-state index in [0.29, 0.717) is 186 Å². The fourth-order valence-electron chi connectivity index (χ4n) is 18.5. The van der Waals surface area contributed by atoms with Gasteiger partial charge in [-0.25, -0.2) is 47.5 Å². The molecule has 0 saturated carbocycles. The zero-order valence-electron chi connectivity index (χ0n) is 83.9. The highest BCUT2D eigenvalue weighted by molar-refractivity contribution is 6.34. The molecule has 5 aliphatic rings. The molecule has 5 saturated heterocycles. The van der Waals surface area contributed by atoms with Gasteiger partial charge in [0.2, 0.25) is 0 Å². The average molecular weight is 2010 g/mol. The Bertz CT molecular complexity index is 7220. The van der Waals surface area contributed by atoms with Crippen LogP contribution in [0.5, 0.6) is 28.7 Å². The Labute approximate surface area is 863 Å². The number of ether oxygens (including phenoxy) is 5. The smallest absolute Gasteiger partial charge is 0.298 e. The first-order valence-corrected chi connectivity index (χ1v) is 49.6. The number of anilines is 5. The predicted octanol–water partition coefficient (Wildman–Crippen LogP) is 12.3. The molecule has 0 atom stereocenters. The van der Waals surface area contributed by atoms with E-state index >= 15 is 0 Å². The van der Waals surface area contributed by atoms with Gasteiger partial charge in [-0.15, -0.1) is 32.1 Å². The number of carbonyl (C=O) groups is 5. The zero-order chi connectivity index (χ0) is 104. The standard InChI is InChI=1S/2C23H25N5O2.C22H20N6O2.C22H23N5O2.C21H20ClN5O2/c2*1-4-17-15-25-28-16-19(30-6-3)13-20(23(17)28)18-7-8-21(24-14-18)26-9-11-27(12-10-26)22(29)5-2;1-3-21(29)27-9-7-26(8-10-27)20-6-5-16(13-24-20)19-11-18(30-4-2)15-28-22(19)17(12-23)14-25-28;1-4-21(28)26-10-8-25(9-11-26)20-7-6-17(14-23-20)19-12-18(29-5-2)15-27-22(19)16(3)13-24-27;1-3-20(28)26-9-7-25(8-10-26)19-6-5-15(12-23-19)17-11-16(29-4-2)14-27-21(17)18(22)13-24-27/h2*2,7-8,13-16H,4,6,9-12H2,1,3H3;1,5-6,11,13-15H,4,7-10H2,2H3;1,6-7,12-15H,5,8-11H2,2-3H3;1,5-6,11-14H,4,7-10H2,2H3. The molecule has 0 aromatic carbocycles. The van der Waals surface area contributed by atoms with Crippen molar-refractivity contribution in [2.24, 2.45) is 0 Å². The van der Waals surface area contributed by atoms with Crippen LogP contribution >= 0.6 is 11.6 Å². The molecular formula is C111H113ClN26O10. The summed E-state index contributed by atoms with van der Waals surface area (Å²) >= 11 is 6.36. The molecule has 5 amide bonds. The number of carbonyl (C=O) groups excluding carboxylic acids is 5. The van der Waals surface area contributed by atoms with Gasteiger partial charge in [-0.1, -0.05) is 25.4 Å². The third-order valence-electron chi connectivity index (χ3n) is 26.0. The van der Waals surface area contributed by atoms with Crippen LogP contribution in [0.25, 0.3) is 83.2 Å². The molecule has 20 heterocycles. The highest BCUT2D eigenvalue weighted by atomic mass is 35.5. The lowest BCUT2D eigenvalue weighted by Crippen LogP contribution is -2.48. The van der Waals surface area contributed by atoms with Crippen molar-refractivity contribution < 1.29 is 47.7 Å². The lowest BCUT2D eigenvalue weighted by atomic mass is 10.0. The summed E-state index contributed by atoms with van der Waals surface area (Å²) in [6.45, 7) is 31.9. The summed E-state index contributed by atoms with van der Waals surface area (Å²) in [6, 6.07) is 32.4. The number of pyridine rings is 10. The number of aromatic nitrogens is 15. The molecule has 148 heavy (non-hydrogen) atoms. The summed E-state index contributed by atoms with van der Waals surface area (Å²) in [4.78, 5) is 101. The van der Waals surface area contributed by atoms with E-state index in [0.717, 1.165) is 148 Å². The van der Waals surface area contributed by atoms with Crippen LogP contribution in [0.3, 0.4) is 0 Å². The third kappa shape index (κ3) is 23.3. The van der Waals surface area contributed by atoms with Gasteiger partial charge in [0.1, 0.15) is 63.9 Å². The second-order valence-corrected chi connectivity index (χ2v) is 35.2. The number of amides is 5. The van der Waals surface area contributed by atoms with Gasteiger partial charge in [0.25, 0.3) is 29.5 Å². The Morgan fingerprint density at radius 1 is 0.304 bits per heavy atom. The Balaban J connectivity index is 0.000000132. The van der Waals surface area contributed by atoms with Crippen LogP contribution in [0.2, 0.25) is 5.02 Å². The molecule has 0 radical (unpaired) electrons. The molecule has 0 N–H and O–H groups in total. The number of hydrogen-bond acceptors (Lipinski definition) is 26. The Morgan fingerprint density at radius 2 is 0.534 bits per heavy atom. The Kier molecular flexibility index (Phi) is 33.4. The topological polar surface area (TPSA) is 339 Å². The maximum absolute atomic E-state index is 11.7. The summed E-state index contributed by atoms with van der Waals surface area (Å²) < 4.78 is 37.5. The van der Waals surface area contributed by atoms with Gasteiger partial charge < -0.3 is 72.7 Å². The predicted molar refractivity (Wildman–Crippen MR) is 569 cm³/mol. The minimum atomic E-state index is -0.273. The summed E-state index contributed by atoms with van der Waals surface area (Å²) in [5.41, 5.74) is 18.4. The molecule has 20 rings (SSSR count). The minimum absolute atomic E-state index is 0.247. The van der Waals surface area contributed by atoms with Crippen LogP contribution in [0, 0.1) is 80.0 Å². The normalized spacial score (nSPS) is 14.0. The minimum Gasteiger partial charge on any atom is -0.492 e. The number of rotatable bonds is 22. The maximum atomic E-state index is 11.7. The number of nitrogens with zero attached hydrogens (tertiary/aromatic N) is 26. The number of nitriles is 1. The number of halogens is 1. The van der Waals surface area contributed by atoms with E-state index in [1.54, 1.807) is 58.3 Å². The summed E-state index contributed by atoms with van der Waals surface area (Å²) in [5, 5.41) is 32.0. The van der Waals surface area contributed by atoms with E-state index in [2.05, 4.69) is 145 Å². The molecule has 5 fully saturated rings. The molecule has 36 nitrogen and oxygen atoms in total. The van der Waals surface area contributed by atoms with E-state index < -0.39 is 0 Å². The highest BCUT2D eigenvalue weighted by Gasteiger charge is 2.30. The molecule has 0 unspecified atom stereocenters. The van der Waals surface area contributed by atoms with Gasteiger partial charge >= 0.3 is 0 Å². The van der Waals surface area contributed by atoms with Crippen LogP contribution in [0.1, 0.15) is 70.7 Å². The van der Waals surface area contributed by atoms with Crippen molar-refractivity contribution in [3.63, 3.8) is 0 Å². The third-order valence-corrected chi connectivity index (χ3v) is 26.3. The van der Waals surface area contributed by atoms with Crippen molar-refractivity contribution in [1.82, 2.24) is 97.5 Å². The van der Waals surface area contributed by atoms with E-state index in [1.165, 1.54) is 11.1 Å². The van der Waals surface area contributed by atoms with Gasteiger partial charge in [0, 0.05) is 218 Å². The van der Waals surface area contributed by atoms with Crippen LogP contribution in [0.4, 0.5) is 29.1 Å². The van der Waals surface area contributed by atoms with Crippen molar-refractivity contribution in [1.29, 1.82) is 5.26 Å². The van der Waals surface area contributed by atoms with Crippen molar-refractivity contribution in [2.75, 3.05) is 188 Å². The molecular weight excluding hydrogens is 1890 g/mol. The number of piperazine rings is 5. The van der Waals surface area contributed by atoms with E-state index in [9.17, 15) is 29.2 Å². The lowest BCUT2D eigenvalue weighted by Gasteiger charge is -2.34. The second-order valence-electron chi connectivity index (χ2n) is 34.8. The molecule has 15 aromatic rings. The second kappa shape index (κ2) is 48.0. The van der Waals surface area contributed by atoms with E-state index in [4.69, 9.17) is 77.4 Å².